The molecule has 0 radical (unpaired) electrons. The molecule has 0 saturated carbocycles. The van der Waals surface area contributed by atoms with Crippen LogP contribution in [0.2, 0.25) is 0 Å². The number of aliphatic hydroxyl groups is 1. The number of hydrogen-bond donors (Lipinski definition) is 1. The molecule has 0 saturated heterocycles. The van der Waals surface area contributed by atoms with E-state index in [0.29, 0.717) is 13.1 Å². The molecule has 5 rings (SSSR count). The number of fused-ring (bicyclic) bond motifs is 1. The van der Waals surface area contributed by atoms with Crippen LogP contribution in [0, 0.1) is 27.7 Å². The summed E-state index contributed by atoms with van der Waals surface area (Å²) in [6, 6.07) is 27.7. The first-order valence-corrected chi connectivity index (χ1v) is 11.9. The van der Waals surface area contributed by atoms with Gasteiger partial charge in [0.25, 0.3) is 0 Å². The van der Waals surface area contributed by atoms with Crippen molar-refractivity contribution in [3.8, 4) is 22.4 Å². The second-order valence-electron chi connectivity index (χ2n) is 9.31. The zero-order chi connectivity index (χ0) is 23.8. The molecular formula is C30H31N3O. The average molecular weight is 450 g/mol. The lowest BCUT2D eigenvalue weighted by Gasteiger charge is -2.18. The summed E-state index contributed by atoms with van der Waals surface area (Å²) in [5, 5.41) is 17.1. The van der Waals surface area contributed by atoms with Gasteiger partial charge < -0.3 is 9.67 Å². The Morgan fingerprint density at radius 1 is 0.794 bits per heavy atom. The highest BCUT2D eigenvalue weighted by Gasteiger charge is 2.23. The molecule has 0 amide bonds. The van der Waals surface area contributed by atoms with Gasteiger partial charge in [0.05, 0.1) is 36.1 Å². The lowest BCUT2D eigenvalue weighted by Crippen LogP contribution is -2.24. The fourth-order valence-corrected chi connectivity index (χ4v) is 5.19. The van der Waals surface area contributed by atoms with Crippen LogP contribution in [0.1, 0.15) is 22.5 Å². The zero-order valence-corrected chi connectivity index (χ0v) is 20.3. The van der Waals surface area contributed by atoms with E-state index in [1.54, 1.807) is 0 Å². The molecule has 1 atom stereocenters. The van der Waals surface area contributed by atoms with Gasteiger partial charge in [0.2, 0.25) is 0 Å². The summed E-state index contributed by atoms with van der Waals surface area (Å²) < 4.78 is 4.22. The third-order valence-electron chi connectivity index (χ3n) is 6.48. The minimum Gasteiger partial charge on any atom is -0.389 e. The Bertz CT molecular complexity index is 1450. The van der Waals surface area contributed by atoms with Gasteiger partial charge in [0, 0.05) is 16.6 Å². The second kappa shape index (κ2) is 8.96. The van der Waals surface area contributed by atoms with Crippen LogP contribution in [0.4, 0.5) is 0 Å². The summed E-state index contributed by atoms with van der Waals surface area (Å²) in [5.41, 5.74) is 10.4. The first-order valence-electron chi connectivity index (χ1n) is 11.9. The Kier molecular flexibility index (Phi) is 5.84. The number of nitrogens with zero attached hydrogens (tertiary/aromatic N) is 3. The average Bonchev–Trinajstić information content (AvgIpc) is 3.30. The van der Waals surface area contributed by atoms with E-state index in [0.717, 1.165) is 22.6 Å². The third kappa shape index (κ3) is 4.06. The largest absolute Gasteiger partial charge is 0.389 e. The van der Waals surface area contributed by atoms with E-state index in [1.807, 2.05) is 30.7 Å². The van der Waals surface area contributed by atoms with Gasteiger partial charge in [-0.2, -0.15) is 5.10 Å². The molecule has 3 aromatic carbocycles. The Balaban J connectivity index is 1.74. The standard InChI is InChI=1S/C30H31N3O/c1-20-15-21(2)29-27(16-20)28(24-11-7-5-8-12-24)30(25-13-9-6-10-14-25)32(29)18-26(34)19-33-23(4)17-22(3)31-33/h5-17,26,34H,18-19H2,1-4H3/t26-/m1/s1. The van der Waals surface area contributed by atoms with Crippen LogP contribution >= 0.6 is 0 Å². The number of hydrogen-bond acceptors (Lipinski definition) is 2. The quantitative estimate of drug-likeness (QED) is 0.323. The monoisotopic (exact) mass is 449 g/mol. The molecular weight excluding hydrogens is 418 g/mol. The van der Waals surface area contributed by atoms with E-state index in [2.05, 4.69) is 90.2 Å². The molecule has 0 aliphatic heterocycles. The molecule has 5 aromatic rings. The molecule has 0 bridgehead atoms. The molecule has 0 aliphatic rings. The van der Waals surface area contributed by atoms with Gasteiger partial charge in [0.15, 0.2) is 0 Å². The van der Waals surface area contributed by atoms with Crippen LogP contribution in [-0.2, 0) is 13.1 Å². The molecule has 0 aliphatic carbocycles. The second-order valence-corrected chi connectivity index (χ2v) is 9.31. The molecule has 172 valence electrons. The van der Waals surface area contributed by atoms with Gasteiger partial charge in [-0.05, 0) is 56.5 Å². The molecule has 0 fully saturated rings. The summed E-state index contributed by atoms with van der Waals surface area (Å²) in [7, 11) is 0. The molecule has 4 heteroatoms. The van der Waals surface area contributed by atoms with Crippen LogP contribution in [0.15, 0.2) is 78.9 Å². The molecule has 4 nitrogen and oxygen atoms in total. The lowest BCUT2D eigenvalue weighted by molar-refractivity contribution is 0.131. The number of aryl methyl sites for hydroxylation is 4. The normalized spacial score (nSPS) is 12.4. The Hall–Kier alpha value is -3.63. The maximum Gasteiger partial charge on any atom is 0.0914 e. The Morgan fingerprint density at radius 3 is 2.06 bits per heavy atom. The SMILES string of the molecule is Cc1cc(C)c2c(c1)c(-c1ccccc1)c(-c1ccccc1)n2C[C@@H](O)Cn1nc(C)cc1C. The van der Waals surface area contributed by atoms with Crippen molar-refractivity contribution < 1.29 is 5.11 Å². The van der Waals surface area contributed by atoms with Crippen molar-refractivity contribution in [1.82, 2.24) is 14.3 Å². The van der Waals surface area contributed by atoms with Crippen molar-refractivity contribution >= 4 is 10.9 Å². The van der Waals surface area contributed by atoms with Crippen molar-refractivity contribution in [1.29, 1.82) is 0 Å². The third-order valence-corrected chi connectivity index (χ3v) is 6.48. The fraction of sp³-hybridized carbons (Fsp3) is 0.233. The van der Waals surface area contributed by atoms with Crippen LogP contribution < -0.4 is 0 Å². The van der Waals surface area contributed by atoms with E-state index >= 15 is 0 Å². The highest BCUT2D eigenvalue weighted by Crippen LogP contribution is 2.42. The number of aliphatic hydroxyl groups excluding tert-OH is 1. The molecule has 2 aromatic heterocycles. The number of rotatable bonds is 6. The first kappa shape index (κ1) is 22.2. The van der Waals surface area contributed by atoms with Crippen molar-refractivity contribution in [2.75, 3.05) is 0 Å². The molecule has 34 heavy (non-hydrogen) atoms. The smallest absolute Gasteiger partial charge is 0.0914 e. The van der Waals surface area contributed by atoms with Gasteiger partial charge in [0.1, 0.15) is 0 Å². The maximum atomic E-state index is 11.3. The summed E-state index contributed by atoms with van der Waals surface area (Å²) in [4.78, 5) is 0. The summed E-state index contributed by atoms with van der Waals surface area (Å²) in [6.07, 6.45) is -0.583. The van der Waals surface area contributed by atoms with Gasteiger partial charge in [-0.3, -0.25) is 4.68 Å². The van der Waals surface area contributed by atoms with Crippen LogP contribution in [0.3, 0.4) is 0 Å². The highest BCUT2D eigenvalue weighted by molar-refractivity contribution is 6.06. The fourth-order valence-electron chi connectivity index (χ4n) is 5.19. The van der Waals surface area contributed by atoms with Crippen molar-refractivity contribution in [2.45, 2.75) is 46.9 Å². The minimum absolute atomic E-state index is 0.457. The molecule has 1 N–H and O–H groups in total. The predicted molar refractivity (Wildman–Crippen MR) is 140 cm³/mol. The van der Waals surface area contributed by atoms with Crippen molar-refractivity contribution in [3.05, 3.63) is 101 Å². The zero-order valence-electron chi connectivity index (χ0n) is 20.3. The minimum atomic E-state index is -0.583. The summed E-state index contributed by atoms with van der Waals surface area (Å²) in [6.45, 7) is 9.28. The topological polar surface area (TPSA) is 43.0 Å². The van der Waals surface area contributed by atoms with Crippen molar-refractivity contribution in [2.24, 2.45) is 0 Å². The summed E-state index contributed by atoms with van der Waals surface area (Å²) >= 11 is 0. The Labute approximate surface area is 201 Å². The van der Waals surface area contributed by atoms with Gasteiger partial charge >= 0.3 is 0 Å². The van der Waals surface area contributed by atoms with Gasteiger partial charge in [-0.15, -0.1) is 0 Å². The van der Waals surface area contributed by atoms with Crippen LogP contribution in [0.5, 0.6) is 0 Å². The number of aromatic nitrogens is 3. The lowest BCUT2D eigenvalue weighted by atomic mass is 9.97. The van der Waals surface area contributed by atoms with Crippen LogP contribution in [-0.4, -0.2) is 25.6 Å². The first-order chi connectivity index (χ1) is 16.4. The van der Waals surface area contributed by atoms with Gasteiger partial charge in [-0.25, -0.2) is 0 Å². The molecule has 0 spiro atoms. The maximum absolute atomic E-state index is 11.3. The van der Waals surface area contributed by atoms with E-state index in [1.165, 1.54) is 33.2 Å². The van der Waals surface area contributed by atoms with E-state index in [-0.39, 0.29) is 0 Å². The van der Waals surface area contributed by atoms with E-state index in [9.17, 15) is 5.11 Å². The molecule has 0 unspecified atom stereocenters. The highest BCUT2D eigenvalue weighted by atomic mass is 16.3. The van der Waals surface area contributed by atoms with Crippen LogP contribution in [0.25, 0.3) is 33.3 Å². The van der Waals surface area contributed by atoms with E-state index < -0.39 is 6.10 Å². The van der Waals surface area contributed by atoms with Crippen molar-refractivity contribution in [3.63, 3.8) is 0 Å². The Morgan fingerprint density at radius 2 is 1.44 bits per heavy atom. The number of benzene rings is 3. The van der Waals surface area contributed by atoms with Gasteiger partial charge in [-0.1, -0.05) is 72.3 Å². The predicted octanol–water partition coefficient (Wildman–Crippen LogP) is 6.47. The summed E-state index contributed by atoms with van der Waals surface area (Å²) in [5.74, 6) is 0. The van der Waals surface area contributed by atoms with E-state index in [4.69, 9.17) is 0 Å². The molecule has 2 heterocycles.